The van der Waals surface area contributed by atoms with E-state index in [1.165, 1.54) is 57.3 Å². The molecule has 2 aromatic carbocycles. The number of phenols is 2. The second-order valence-electron chi connectivity index (χ2n) is 20.4. The van der Waals surface area contributed by atoms with E-state index in [2.05, 4.69) is 31.9 Å². The van der Waals surface area contributed by atoms with Crippen molar-refractivity contribution in [1.29, 1.82) is 0 Å². The van der Waals surface area contributed by atoms with Gasteiger partial charge in [0.15, 0.2) is 0 Å². The minimum atomic E-state index is -1.90. The standard InChI is InChI=1S/C53H77N9O14/c1-10-28(5)43-53(75)76-30(7)44(60-46(68)36(20-22-41(54)66)56-47(69)38(24-27(3)4)55-31(8)63)50(72)58-39(25-32-12-16-34(64)17-13-32)48(70)57-37-21-23-42(67)62(51(37)73)45(29(6)11-2)52(74)61(9)40(49(71)59-43)26-33-14-18-35(65)19-15-33/h12-19,27-30,36-40,42-45,64-65,67H,10-11,20-26H2,1-9H3,(H2,54,66)(H,55,63)(H,56,69)(H,57,70)(H,58,72)(H,59,71)(H,60,68). The largest absolute Gasteiger partial charge is 0.508 e. The third kappa shape index (κ3) is 16.9. The predicted octanol–water partition coefficient (Wildman–Crippen LogP) is 0.297. The molecule has 2 saturated heterocycles. The molecule has 23 heteroatoms. The first-order valence-corrected chi connectivity index (χ1v) is 25.9. The molecule has 2 bridgehead atoms. The van der Waals surface area contributed by atoms with Gasteiger partial charge in [0.1, 0.15) is 72.2 Å². The molecule has 12 atom stereocenters. The van der Waals surface area contributed by atoms with Gasteiger partial charge in [0, 0.05) is 33.2 Å². The van der Waals surface area contributed by atoms with Crippen LogP contribution >= 0.6 is 0 Å². The number of primary amides is 1. The second kappa shape index (κ2) is 28.0. The highest BCUT2D eigenvalue weighted by molar-refractivity contribution is 5.99. The molecule has 2 aliphatic heterocycles. The van der Waals surface area contributed by atoms with E-state index < -0.39 is 138 Å². The maximum absolute atomic E-state index is 15.0. The number of aliphatic hydroxyl groups excluding tert-OH is 1. The molecular weight excluding hydrogens is 987 g/mol. The normalized spacial score (nSPS) is 24.7. The van der Waals surface area contributed by atoms with Crippen LogP contribution in [0, 0.1) is 17.8 Å². The minimum Gasteiger partial charge on any atom is -0.508 e. The third-order valence-corrected chi connectivity index (χ3v) is 14.0. The van der Waals surface area contributed by atoms with Gasteiger partial charge in [-0.2, -0.15) is 0 Å². The molecule has 76 heavy (non-hydrogen) atoms. The number of fused-ring (bicyclic) bond motifs is 2. The van der Waals surface area contributed by atoms with Crippen LogP contribution in [0.5, 0.6) is 11.5 Å². The van der Waals surface area contributed by atoms with Crippen LogP contribution in [0.25, 0.3) is 0 Å². The van der Waals surface area contributed by atoms with E-state index in [-0.39, 0.29) is 62.4 Å². The number of aromatic hydroxyl groups is 2. The molecular formula is C53H77N9O14. The lowest BCUT2D eigenvalue weighted by Gasteiger charge is -2.44. The number of carbonyl (C=O) groups is 10. The lowest BCUT2D eigenvalue weighted by Crippen LogP contribution is -2.66. The number of esters is 1. The number of nitrogens with zero attached hydrogens (tertiary/aromatic N) is 2. The zero-order valence-corrected chi connectivity index (χ0v) is 44.8. The van der Waals surface area contributed by atoms with Crippen molar-refractivity contribution in [3.8, 4) is 11.5 Å². The molecule has 2 heterocycles. The summed E-state index contributed by atoms with van der Waals surface area (Å²) in [5.74, 6) is -10.4. The molecule has 0 radical (unpaired) electrons. The van der Waals surface area contributed by atoms with E-state index in [1.54, 1.807) is 53.7 Å². The van der Waals surface area contributed by atoms with Crippen molar-refractivity contribution in [3.63, 3.8) is 0 Å². The molecule has 0 spiro atoms. The molecule has 11 N–H and O–H groups in total. The number of aliphatic hydroxyl groups is 1. The van der Waals surface area contributed by atoms with E-state index in [0.717, 1.165) is 9.80 Å². The fraction of sp³-hybridized carbons (Fsp3) is 0.585. The number of likely N-dealkylation sites (N-methyl/N-ethyl adjacent to an activating group) is 1. The van der Waals surface area contributed by atoms with Crippen LogP contribution in [-0.2, 0) is 65.5 Å². The quantitative estimate of drug-likeness (QED) is 0.0899. The number of piperidine rings is 1. The average molecular weight is 1060 g/mol. The number of benzene rings is 2. The first-order valence-electron chi connectivity index (χ1n) is 25.9. The molecule has 418 valence electrons. The van der Waals surface area contributed by atoms with Gasteiger partial charge in [-0.25, -0.2) is 4.79 Å². The molecule has 0 saturated carbocycles. The van der Waals surface area contributed by atoms with Crippen LogP contribution in [0.1, 0.15) is 111 Å². The number of phenolic OH excluding ortho intramolecular Hbond substituents is 2. The number of hydrogen-bond donors (Lipinski definition) is 10. The predicted molar refractivity (Wildman–Crippen MR) is 276 cm³/mol. The van der Waals surface area contributed by atoms with Gasteiger partial charge in [-0.05, 0) is 85.8 Å². The van der Waals surface area contributed by atoms with Crippen molar-refractivity contribution in [1.82, 2.24) is 41.7 Å². The van der Waals surface area contributed by atoms with Gasteiger partial charge in [0.2, 0.25) is 53.2 Å². The first-order chi connectivity index (χ1) is 35.8. The Labute approximate surface area is 443 Å². The fourth-order valence-electron chi connectivity index (χ4n) is 9.12. The highest BCUT2D eigenvalue weighted by Gasteiger charge is 2.47. The third-order valence-electron chi connectivity index (χ3n) is 14.0. The number of carbonyl (C=O) groups excluding carboxylic acids is 10. The molecule has 4 rings (SSSR count). The summed E-state index contributed by atoms with van der Waals surface area (Å²) in [5.41, 5.74) is 6.37. The average Bonchev–Trinajstić information content (AvgIpc) is 3.36. The minimum absolute atomic E-state index is 0.0686. The van der Waals surface area contributed by atoms with Crippen LogP contribution in [0.4, 0.5) is 0 Å². The fourth-order valence-corrected chi connectivity index (χ4v) is 9.12. The van der Waals surface area contributed by atoms with Crippen molar-refractivity contribution in [2.75, 3.05) is 7.05 Å². The summed E-state index contributed by atoms with van der Waals surface area (Å²) < 4.78 is 5.97. The Morgan fingerprint density at radius 1 is 0.750 bits per heavy atom. The van der Waals surface area contributed by atoms with Crippen LogP contribution in [-0.4, -0.2) is 152 Å². The van der Waals surface area contributed by atoms with Gasteiger partial charge in [0.25, 0.3) is 0 Å². The number of amides is 9. The number of nitrogens with one attached hydrogen (secondary N) is 6. The molecule has 2 aromatic rings. The van der Waals surface area contributed by atoms with E-state index >= 15 is 4.79 Å². The summed E-state index contributed by atoms with van der Waals surface area (Å²) in [5, 5.41) is 47.4. The highest BCUT2D eigenvalue weighted by atomic mass is 16.5. The Kier molecular flexibility index (Phi) is 22.6. The summed E-state index contributed by atoms with van der Waals surface area (Å²) in [6, 6.07) is -0.276. The first kappa shape index (κ1) is 61.2. The number of nitrogens with two attached hydrogens (primary N) is 1. The molecule has 2 fully saturated rings. The Morgan fingerprint density at radius 3 is 1.87 bits per heavy atom. The molecule has 0 aromatic heterocycles. The van der Waals surface area contributed by atoms with Crippen LogP contribution in [0.2, 0.25) is 0 Å². The lowest BCUT2D eigenvalue weighted by molar-refractivity contribution is -0.168. The van der Waals surface area contributed by atoms with E-state index in [0.29, 0.717) is 17.5 Å². The van der Waals surface area contributed by atoms with Crippen molar-refractivity contribution in [2.24, 2.45) is 23.5 Å². The zero-order chi connectivity index (χ0) is 56.7. The lowest BCUT2D eigenvalue weighted by atomic mass is 9.91. The smallest absolute Gasteiger partial charge is 0.329 e. The zero-order valence-electron chi connectivity index (χ0n) is 44.8. The number of rotatable bonds is 18. The van der Waals surface area contributed by atoms with Gasteiger partial charge in [-0.3, -0.25) is 43.2 Å². The Morgan fingerprint density at radius 2 is 1.33 bits per heavy atom. The molecule has 12 unspecified atom stereocenters. The maximum atomic E-state index is 15.0. The number of cyclic esters (lactones) is 1. The van der Waals surface area contributed by atoms with Crippen LogP contribution in [0.15, 0.2) is 48.5 Å². The van der Waals surface area contributed by atoms with Gasteiger partial charge < -0.3 is 67.5 Å². The Hall–Kier alpha value is -7.30. The molecule has 9 amide bonds. The molecule has 0 aliphatic carbocycles. The number of ether oxygens (including phenoxy) is 1. The summed E-state index contributed by atoms with van der Waals surface area (Å²) >= 11 is 0. The van der Waals surface area contributed by atoms with Gasteiger partial charge in [0.05, 0.1) is 0 Å². The van der Waals surface area contributed by atoms with Crippen molar-refractivity contribution >= 4 is 59.1 Å². The maximum Gasteiger partial charge on any atom is 0.329 e. The van der Waals surface area contributed by atoms with Gasteiger partial charge in [-0.15, -0.1) is 0 Å². The van der Waals surface area contributed by atoms with Crippen molar-refractivity contribution in [2.45, 2.75) is 174 Å². The number of hydrogen-bond acceptors (Lipinski definition) is 14. The van der Waals surface area contributed by atoms with Crippen molar-refractivity contribution < 1.29 is 68.0 Å². The van der Waals surface area contributed by atoms with Crippen molar-refractivity contribution in [3.05, 3.63) is 59.7 Å². The Bertz CT molecular complexity index is 2400. The second-order valence-corrected chi connectivity index (χ2v) is 20.4. The SMILES string of the molecule is CCC(C)C1NC(=O)C(Cc2ccc(O)cc2)N(C)C(=O)C(C(C)CC)N2C(=O)C(CCC2O)NC(=O)C(Cc2ccc(O)cc2)NC(=O)C(NC(=O)C(CCC(N)=O)NC(=O)C(CC(C)C)NC(C)=O)C(C)OC1=O. The molecule has 2 aliphatic rings. The highest BCUT2D eigenvalue weighted by Crippen LogP contribution is 2.28. The van der Waals surface area contributed by atoms with E-state index in [9.17, 15) is 58.5 Å². The monoisotopic (exact) mass is 1060 g/mol. The topological polar surface area (TPSA) is 345 Å². The van der Waals surface area contributed by atoms with Crippen LogP contribution < -0.4 is 37.6 Å². The van der Waals surface area contributed by atoms with E-state index in [4.69, 9.17) is 10.5 Å². The summed E-state index contributed by atoms with van der Waals surface area (Å²) in [6.07, 6.45) is -3.87. The van der Waals surface area contributed by atoms with Gasteiger partial charge in [-0.1, -0.05) is 78.6 Å². The summed E-state index contributed by atoms with van der Waals surface area (Å²) in [4.78, 5) is 143. The van der Waals surface area contributed by atoms with Crippen LogP contribution in [0.3, 0.4) is 0 Å². The van der Waals surface area contributed by atoms with E-state index in [1.807, 2.05) is 0 Å². The summed E-state index contributed by atoms with van der Waals surface area (Å²) in [7, 11) is 1.35. The molecule has 23 nitrogen and oxygen atoms in total. The summed E-state index contributed by atoms with van der Waals surface area (Å²) in [6.45, 7) is 12.9. The Balaban J connectivity index is 1.92. The van der Waals surface area contributed by atoms with Gasteiger partial charge >= 0.3 is 5.97 Å².